The average Bonchev–Trinajstić information content (AvgIpc) is 2.14. The van der Waals surface area contributed by atoms with Crippen LogP contribution in [0, 0.1) is 0 Å². The Hall–Kier alpha value is -0.650. The number of nitrogens with two attached hydrogens (primary N) is 1. The van der Waals surface area contributed by atoms with Gasteiger partial charge in [0.15, 0.2) is 0 Å². The number of benzene rings is 1. The maximum Gasteiger partial charge on any atom is 0.106 e. The Bertz CT molecular complexity index is 429. The molecule has 1 aromatic carbocycles. The lowest BCUT2D eigenvalue weighted by molar-refractivity contribution is 0.0886. The maximum atomic E-state index is 9.83. The Morgan fingerprint density at radius 1 is 1.53 bits per heavy atom. The van der Waals surface area contributed by atoms with E-state index in [4.69, 9.17) is 18.0 Å². The van der Waals surface area contributed by atoms with Crippen LogP contribution in [0.15, 0.2) is 22.7 Å². The SMILES string of the molecule is CN(CC(C)(C)O)c1cc(Br)ccc1C(N)=S. The van der Waals surface area contributed by atoms with Crippen molar-refractivity contribution in [3.8, 4) is 0 Å². The molecule has 17 heavy (non-hydrogen) atoms. The molecular weight excluding hydrogens is 300 g/mol. The summed E-state index contributed by atoms with van der Waals surface area (Å²) in [6, 6.07) is 5.72. The molecule has 0 aliphatic heterocycles. The summed E-state index contributed by atoms with van der Waals surface area (Å²) >= 11 is 8.45. The highest BCUT2D eigenvalue weighted by molar-refractivity contribution is 9.10. The molecule has 0 saturated carbocycles. The molecule has 0 spiro atoms. The normalized spacial score (nSPS) is 11.4. The molecule has 0 amide bonds. The Morgan fingerprint density at radius 2 is 2.12 bits per heavy atom. The fourth-order valence-electron chi connectivity index (χ4n) is 1.69. The van der Waals surface area contributed by atoms with E-state index in [0.29, 0.717) is 11.5 Å². The predicted octanol–water partition coefficient (Wildman–Crippen LogP) is 2.29. The minimum atomic E-state index is -0.773. The lowest BCUT2D eigenvalue weighted by Gasteiger charge is -2.28. The summed E-state index contributed by atoms with van der Waals surface area (Å²) in [4.78, 5) is 2.30. The number of anilines is 1. The van der Waals surface area contributed by atoms with Crippen molar-refractivity contribution in [3.63, 3.8) is 0 Å². The standard InChI is InChI=1S/C12H17BrN2OS/c1-12(2,16)7-15(3)10-6-8(13)4-5-9(10)11(14)17/h4-6,16H,7H2,1-3H3,(H2,14,17). The van der Waals surface area contributed by atoms with Crippen LogP contribution in [0.25, 0.3) is 0 Å². The second kappa shape index (κ2) is 5.33. The third kappa shape index (κ3) is 4.26. The minimum Gasteiger partial charge on any atom is -0.389 e. The first kappa shape index (κ1) is 14.4. The van der Waals surface area contributed by atoms with Crippen LogP contribution in [0.5, 0.6) is 0 Å². The predicted molar refractivity (Wildman–Crippen MR) is 79.6 cm³/mol. The van der Waals surface area contributed by atoms with Crippen LogP contribution in [-0.4, -0.2) is 29.3 Å². The van der Waals surface area contributed by atoms with Crippen molar-refractivity contribution in [1.82, 2.24) is 0 Å². The first-order valence-corrected chi connectivity index (χ1v) is 6.44. The Morgan fingerprint density at radius 3 is 2.59 bits per heavy atom. The number of hydrogen-bond acceptors (Lipinski definition) is 3. The van der Waals surface area contributed by atoms with E-state index in [1.807, 2.05) is 30.1 Å². The molecular formula is C12H17BrN2OS. The Balaban J connectivity index is 3.10. The zero-order chi connectivity index (χ0) is 13.2. The third-order valence-corrected chi connectivity index (χ3v) is 2.97. The maximum absolute atomic E-state index is 9.83. The van der Waals surface area contributed by atoms with E-state index >= 15 is 0 Å². The zero-order valence-corrected chi connectivity index (χ0v) is 12.6. The molecule has 3 N–H and O–H groups in total. The summed E-state index contributed by atoms with van der Waals surface area (Å²) < 4.78 is 0.954. The number of rotatable bonds is 4. The van der Waals surface area contributed by atoms with Crippen LogP contribution in [-0.2, 0) is 0 Å². The van der Waals surface area contributed by atoms with Crippen LogP contribution in [0.3, 0.4) is 0 Å². The molecule has 1 aromatic rings. The fourth-order valence-corrected chi connectivity index (χ4v) is 2.22. The second-order valence-electron chi connectivity index (χ2n) is 4.69. The molecule has 5 heteroatoms. The molecule has 0 aromatic heterocycles. The van der Waals surface area contributed by atoms with Gasteiger partial charge >= 0.3 is 0 Å². The van der Waals surface area contributed by atoms with E-state index in [0.717, 1.165) is 15.7 Å². The van der Waals surface area contributed by atoms with Gasteiger partial charge in [-0.15, -0.1) is 0 Å². The van der Waals surface area contributed by atoms with E-state index < -0.39 is 5.60 Å². The van der Waals surface area contributed by atoms with Crippen molar-refractivity contribution < 1.29 is 5.11 Å². The molecule has 0 fully saturated rings. The fraction of sp³-hybridized carbons (Fsp3) is 0.417. The number of nitrogens with zero attached hydrogens (tertiary/aromatic N) is 1. The van der Waals surface area contributed by atoms with Crippen LogP contribution in [0.4, 0.5) is 5.69 Å². The van der Waals surface area contributed by atoms with E-state index in [-0.39, 0.29) is 0 Å². The third-order valence-electron chi connectivity index (χ3n) is 2.26. The van der Waals surface area contributed by atoms with Gasteiger partial charge in [0.05, 0.1) is 5.60 Å². The lowest BCUT2D eigenvalue weighted by Crippen LogP contribution is -2.37. The van der Waals surface area contributed by atoms with Gasteiger partial charge in [-0.1, -0.05) is 28.1 Å². The second-order valence-corrected chi connectivity index (χ2v) is 6.05. The highest BCUT2D eigenvalue weighted by Gasteiger charge is 2.18. The van der Waals surface area contributed by atoms with Crippen molar-refractivity contribution in [2.24, 2.45) is 5.73 Å². The molecule has 1 rings (SSSR count). The number of thiocarbonyl (C=S) groups is 1. The van der Waals surface area contributed by atoms with Crippen molar-refractivity contribution >= 4 is 38.8 Å². The minimum absolute atomic E-state index is 0.357. The molecule has 0 unspecified atom stereocenters. The first-order chi connectivity index (χ1) is 7.70. The van der Waals surface area contributed by atoms with E-state index in [1.165, 1.54) is 0 Å². The Labute approximate surface area is 116 Å². The van der Waals surface area contributed by atoms with Gasteiger partial charge in [0.2, 0.25) is 0 Å². The summed E-state index contributed by atoms with van der Waals surface area (Å²) in [6.07, 6.45) is 0. The molecule has 0 radical (unpaired) electrons. The molecule has 0 bridgehead atoms. The van der Waals surface area contributed by atoms with Gasteiger partial charge in [-0.05, 0) is 32.0 Å². The van der Waals surface area contributed by atoms with Crippen LogP contribution < -0.4 is 10.6 Å². The Kier molecular flexibility index (Phi) is 4.52. The van der Waals surface area contributed by atoms with Gasteiger partial charge in [0.1, 0.15) is 4.99 Å². The molecule has 3 nitrogen and oxygen atoms in total. The summed E-state index contributed by atoms with van der Waals surface area (Å²) in [5.74, 6) is 0. The molecule has 0 saturated heterocycles. The molecule has 0 atom stereocenters. The van der Waals surface area contributed by atoms with Crippen LogP contribution in [0.1, 0.15) is 19.4 Å². The van der Waals surface area contributed by atoms with E-state index in [9.17, 15) is 5.11 Å². The van der Waals surface area contributed by atoms with Crippen molar-refractivity contribution in [2.75, 3.05) is 18.5 Å². The monoisotopic (exact) mass is 316 g/mol. The summed E-state index contributed by atoms with van der Waals surface area (Å²) in [7, 11) is 1.90. The van der Waals surface area contributed by atoms with E-state index in [2.05, 4.69) is 15.9 Å². The molecule has 94 valence electrons. The number of hydrogen-bond donors (Lipinski definition) is 2. The van der Waals surface area contributed by atoms with Crippen molar-refractivity contribution in [3.05, 3.63) is 28.2 Å². The average molecular weight is 317 g/mol. The van der Waals surface area contributed by atoms with Gasteiger partial charge in [-0.25, -0.2) is 0 Å². The summed E-state index contributed by atoms with van der Waals surface area (Å²) in [5, 5.41) is 9.83. The zero-order valence-electron chi connectivity index (χ0n) is 10.2. The summed E-state index contributed by atoms with van der Waals surface area (Å²) in [5.41, 5.74) is 6.65. The number of likely N-dealkylation sites (N-methyl/N-ethyl adjacent to an activating group) is 1. The molecule has 0 aliphatic rings. The summed E-state index contributed by atoms with van der Waals surface area (Å²) in [6.45, 7) is 4.03. The number of halogens is 1. The highest BCUT2D eigenvalue weighted by atomic mass is 79.9. The molecule has 0 heterocycles. The van der Waals surface area contributed by atoms with Crippen molar-refractivity contribution in [1.29, 1.82) is 0 Å². The first-order valence-electron chi connectivity index (χ1n) is 5.23. The smallest absolute Gasteiger partial charge is 0.106 e. The molecule has 0 aliphatic carbocycles. The number of aliphatic hydroxyl groups is 1. The van der Waals surface area contributed by atoms with E-state index in [1.54, 1.807) is 13.8 Å². The highest BCUT2D eigenvalue weighted by Crippen LogP contribution is 2.25. The van der Waals surface area contributed by atoms with Crippen LogP contribution >= 0.6 is 28.1 Å². The van der Waals surface area contributed by atoms with Gasteiger partial charge in [0.25, 0.3) is 0 Å². The van der Waals surface area contributed by atoms with Gasteiger partial charge in [0, 0.05) is 29.3 Å². The van der Waals surface area contributed by atoms with Gasteiger partial charge < -0.3 is 15.7 Å². The van der Waals surface area contributed by atoms with Crippen LogP contribution in [0.2, 0.25) is 0 Å². The topological polar surface area (TPSA) is 49.5 Å². The quantitative estimate of drug-likeness (QED) is 0.837. The van der Waals surface area contributed by atoms with Crippen molar-refractivity contribution in [2.45, 2.75) is 19.4 Å². The largest absolute Gasteiger partial charge is 0.389 e. The lowest BCUT2D eigenvalue weighted by atomic mass is 10.1. The van der Waals surface area contributed by atoms with Gasteiger partial charge in [-0.2, -0.15) is 0 Å². The van der Waals surface area contributed by atoms with Gasteiger partial charge in [-0.3, -0.25) is 0 Å².